The van der Waals surface area contributed by atoms with E-state index in [0.717, 1.165) is 11.1 Å². The van der Waals surface area contributed by atoms with Crippen LogP contribution in [0.3, 0.4) is 0 Å². The molecule has 2 aromatic carbocycles. The first-order valence-electron chi connectivity index (χ1n) is 9.30. The highest BCUT2D eigenvalue weighted by Crippen LogP contribution is 2.20. The van der Waals surface area contributed by atoms with Crippen LogP contribution in [0.1, 0.15) is 24.2 Å². The van der Waals surface area contributed by atoms with Crippen LogP contribution in [0.4, 0.5) is 4.79 Å². The van der Waals surface area contributed by atoms with E-state index in [1.165, 1.54) is 0 Å². The summed E-state index contributed by atoms with van der Waals surface area (Å²) in [4.78, 5) is 36.4. The molecule has 1 atom stereocenters. The van der Waals surface area contributed by atoms with Gasteiger partial charge in [-0.05, 0) is 37.1 Å². The lowest BCUT2D eigenvalue weighted by Gasteiger charge is -2.26. The maximum Gasteiger partial charge on any atom is 0.338 e. The smallest absolute Gasteiger partial charge is 0.338 e. The maximum atomic E-state index is 12.4. The summed E-state index contributed by atoms with van der Waals surface area (Å²) in [7, 11) is 0. The molecule has 0 bridgehead atoms. The molecule has 7 heteroatoms. The molecule has 3 rings (SSSR count). The van der Waals surface area contributed by atoms with E-state index >= 15 is 0 Å². The van der Waals surface area contributed by atoms with Crippen molar-refractivity contribution in [2.75, 3.05) is 13.2 Å². The van der Waals surface area contributed by atoms with Gasteiger partial charge in [-0.3, -0.25) is 0 Å². The zero-order chi connectivity index (χ0) is 20.8. The number of amides is 2. The van der Waals surface area contributed by atoms with Gasteiger partial charge in [0.15, 0.2) is 0 Å². The average molecular weight is 394 g/mol. The Balaban J connectivity index is 1.72. The largest absolute Gasteiger partial charge is 0.463 e. The zero-order valence-corrected chi connectivity index (χ0v) is 16.2. The van der Waals surface area contributed by atoms with E-state index in [1.54, 1.807) is 26.0 Å². The van der Waals surface area contributed by atoms with E-state index in [-0.39, 0.29) is 24.5 Å². The van der Waals surface area contributed by atoms with Crippen LogP contribution in [0.5, 0.6) is 0 Å². The number of hydrogen-bond acceptors (Lipinski definition) is 5. The predicted molar refractivity (Wildman–Crippen MR) is 107 cm³/mol. The van der Waals surface area contributed by atoms with E-state index in [2.05, 4.69) is 10.6 Å². The van der Waals surface area contributed by atoms with Gasteiger partial charge in [0.05, 0.1) is 29.5 Å². The number of rotatable bonds is 6. The first-order chi connectivity index (χ1) is 14.0. The summed E-state index contributed by atoms with van der Waals surface area (Å²) in [5.74, 6) is -1.12. The number of benzene rings is 2. The third-order valence-corrected chi connectivity index (χ3v) is 4.44. The van der Waals surface area contributed by atoms with E-state index in [9.17, 15) is 14.4 Å². The lowest BCUT2D eigenvalue weighted by Crippen LogP contribution is -2.50. The number of carbonyl (C=O) groups excluding carboxylic acids is 3. The third kappa shape index (κ3) is 4.82. The van der Waals surface area contributed by atoms with Crippen molar-refractivity contribution in [3.05, 3.63) is 71.4 Å². The SMILES string of the molecule is CCOC(=O)C1=C(COC(=O)c2ccc(-c3ccccc3)cc2)NC(=O)N[C@@H]1C. The van der Waals surface area contributed by atoms with Crippen molar-refractivity contribution in [2.45, 2.75) is 19.9 Å². The summed E-state index contributed by atoms with van der Waals surface area (Å²) < 4.78 is 10.4. The molecular weight excluding hydrogens is 372 g/mol. The first-order valence-corrected chi connectivity index (χ1v) is 9.30. The fourth-order valence-electron chi connectivity index (χ4n) is 3.04. The second-order valence-electron chi connectivity index (χ2n) is 6.45. The Morgan fingerprint density at radius 2 is 1.59 bits per heavy atom. The fourth-order valence-corrected chi connectivity index (χ4v) is 3.04. The molecule has 2 aromatic rings. The van der Waals surface area contributed by atoms with Crippen molar-refractivity contribution >= 4 is 18.0 Å². The summed E-state index contributed by atoms with van der Waals surface area (Å²) in [5.41, 5.74) is 2.85. The molecule has 150 valence electrons. The van der Waals surface area contributed by atoms with Gasteiger partial charge < -0.3 is 20.1 Å². The Morgan fingerprint density at radius 1 is 0.931 bits per heavy atom. The van der Waals surface area contributed by atoms with E-state index in [0.29, 0.717) is 5.56 Å². The van der Waals surface area contributed by atoms with Crippen LogP contribution >= 0.6 is 0 Å². The van der Waals surface area contributed by atoms with Gasteiger partial charge in [0, 0.05) is 0 Å². The minimum Gasteiger partial charge on any atom is -0.463 e. The molecule has 0 aromatic heterocycles. The molecule has 0 spiro atoms. The summed E-state index contributed by atoms with van der Waals surface area (Å²) in [5, 5.41) is 5.12. The van der Waals surface area contributed by atoms with Crippen molar-refractivity contribution < 1.29 is 23.9 Å². The standard InChI is InChI=1S/C22H22N2O5/c1-3-28-21(26)19-14(2)23-22(27)24-18(19)13-29-20(25)17-11-9-16(10-12-17)15-7-5-4-6-8-15/h4-12,14H,3,13H2,1-2H3,(H2,23,24,27)/t14-/m1/s1. The molecule has 1 heterocycles. The van der Waals surface area contributed by atoms with Crippen LogP contribution in [0.25, 0.3) is 11.1 Å². The van der Waals surface area contributed by atoms with Crippen molar-refractivity contribution in [3.63, 3.8) is 0 Å². The van der Waals surface area contributed by atoms with Gasteiger partial charge in [-0.2, -0.15) is 0 Å². The molecule has 0 saturated heterocycles. The highest BCUT2D eigenvalue weighted by molar-refractivity contribution is 5.95. The molecule has 0 aliphatic carbocycles. The molecule has 2 N–H and O–H groups in total. The van der Waals surface area contributed by atoms with Gasteiger partial charge in [-0.25, -0.2) is 14.4 Å². The average Bonchev–Trinajstić information content (AvgIpc) is 2.72. The molecule has 1 aliphatic heterocycles. The van der Waals surface area contributed by atoms with Gasteiger partial charge in [0.2, 0.25) is 0 Å². The molecule has 0 unspecified atom stereocenters. The number of carbonyl (C=O) groups is 3. The van der Waals surface area contributed by atoms with Crippen molar-refractivity contribution in [1.29, 1.82) is 0 Å². The first kappa shape index (κ1) is 20.1. The summed E-state index contributed by atoms with van der Waals surface area (Å²) in [6.07, 6.45) is 0. The van der Waals surface area contributed by atoms with Gasteiger partial charge in [-0.15, -0.1) is 0 Å². The summed E-state index contributed by atoms with van der Waals surface area (Å²) >= 11 is 0. The van der Waals surface area contributed by atoms with Crippen LogP contribution in [0, 0.1) is 0 Å². The number of esters is 2. The number of ether oxygens (including phenoxy) is 2. The van der Waals surface area contributed by atoms with Gasteiger partial charge in [-0.1, -0.05) is 42.5 Å². The molecule has 2 amide bonds. The van der Waals surface area contributed by atoms with E-state index < -0.39 is 24.0 Å². The van der Waals surface area contributed by atoms with Crippen LogP contribution < -0.4 is 10.6 Å². The third-order valence-electron chi connectivity index (χ3n) is 4.44. The fraction of sp³-hybridized carbons (Fsp3) is 0.227. The second-order valence-corrected chi connectivity index (χ2v) is 6.45. The van der Waals surface area contributed by atoms with E-state index in [1.807, 2.05) is 42.5 Å². The Hall–Kier alpha value is -3.61. The monoisotopic (exact) mass is 394 g/mol. The van der Waals surface area contributed by atoms with Crippen LogP contribution in [-0.2, 0) is 14.3 Å². The van der Waals surface area contributed by atoms with Gasteiger partial charge in [0.1, 0.15) is 6.61 Å². The predicted octanol–water partition coefficient (Wildman–Crippen LogP) is 3.03. The van der Waals surface area contributed by atoms with Crippen LogP contribution in [-0.4, -0.2) is 37.2 Å². The van der Waals surface area contributed by atoms with Crippen molar-refractivity contribution in [3.8, 4) is 11.1 Å². The topological polar surface area (TPSA) is 93.7 Å². The van der Waals surface area contributed by atoms with Crippen molar-refractivity contribution in [1.82, 2.24) is 10.6 Å². The summed E-state index contributed by atoms with van der Waals surface area (Å²) in [6.45, 7) is 3.31. The molecule has 7 nitrogen and oxygen atoms in total. The van der Waals surface area contributed by atoms with Crippen LogP contribution in [0.15, 0.2) is 65.9 Å². The molecule has 0 fully saturated rings. The Morgan fingerprint density at radius 3 is 2.24 bits per heavy atom. The molecule has 1 aliphatic rings. The van der Waals surface area contributed by atoms with E-state index in [4.69, 9.17) is 9.47 Å². The Labute approximate surface area is 168 Å². The molecule has 29 heavy (non-hydrogen) atoms. The van der Waals surface area contributed by atoms with Crippen LogP contribution in [0.2, 0.25) is 0 Å². The quantitative estimate of drug-likeness (QED) is 0.735. The zero-order valence-electron chi connectivity index (χ0n) is 16.2. The minimum absolute atomic E-state index is 0.198. The number of hydrogen-bond donors (Lipinski definition) is 2. The second kappa shape index (κ2) is 9.05. The highest BCUT2D eigenvalue weighted by Gasteiger charge is 2.30. The number of nitrogens with one attached hydrogen (secondary N) is 2. The Bertz CT molecular complexity index is 935. The molecule has 0 saturated carbocycles. The minimum atomic E-state index is -0.564. The number of urea groups is 1. The van der Waals surface area contributed by atoms with Gasteiger partial charge in [0.25, 0.3) is 0 Å². The van der Waals surface area contributed by atoms with Gasteiger partial charge >= 0.3 is 18.0 Å². The molecular formula is C22H22N2O5. The lowest BCUT2D eigenvalue weighted by atomic mass is 10.0. The maximum absolute atomic E-state index is 12.4. The normalized spacial score (nSPS) is 15.9. The van der Waals surface area contributed by atoms with Crippen molar-refractivity contribution in [2.24, 2.45) is 0 Å². The molecule has 0 radical (unpaired) electrons. The summed E-state index contributed by atoms with van der Waals surface area (Å²) in [6, 6.07) is 15.8. The lowest BCUT2D eigenvalue weighted by molar-refractivity contribution is -0.139. The Kier molecular flexibility index (Phi) is 6.29. The highest BCUT2D eigenvalue weighted by atomic mass is 16.5.